The zero-order chi connectivity index (χ0) is 12.9. The molecule has 0 unspecified atom stereocenters. The van der Waals surface area contributed by atoms with E-state index in [1.54, 1.807) is 14.2 Å². The molecule has 0 fully saturated rings. The van der Waals surface area contributed by atoms with E-state index in [4.69, 9.17) is 14.7 Å². The van der Waals surface area contributed by atoms with Crippen LogP contribution in [-0.2, 0) is 6.54 Å². The molecule has 0 aliphatic heterocycles. The van der Waals surface area contributed by atoms with Gasteiger partial charge in [0.1, 0.15) is 5.54 Å². The van der Waals surface area contributed by atoms with Crippen molar-refractivity contribution in [3.63, 3.8) is 0 Å². The van der Waals surface area contributed by atoms with Gasteiger partial charge in [-0.2, -0.15) is 5.26 Å². The van der Waals surface area contributed by atoms with Crippen LogP contribution < -0.4 is 14.8 Å². The smallest absolute Gasteiger partial charge is 0.161 e. The molecule has 0 heterocycles. The minimum atomic E-state index is -0.535. The average molecular weight is 234 g/mol. The number of methoxy groups -OCH3 is 2. The van der Waals surface area contributed by atoms with E-state index in [1.807, 2.05) is 32.0 Å². The highest BCUT2D eigenvalue weighted by Gasteiger charge is 2.15. The third-order valence-electron chi connectivity index (χ3n) is 2.46. The van der Waals surface area contributed by atoms with Gasteiger partial charge in [-0.15, -0.1) is 0 Å². The van der Waals surface area contributed by atoms with E-state index in [0.29, 0.717) is 18.0 Å². The van der Waals surface area contributed by atoms with Crippen LogP contribution in [0, 0.1) is 11.3 Å². The van der Waals surface area contributed by atoms with E-state index in [9.17, 15) is 0 Å². The maximum atomic E-state index is 8.90. The van der Waals surface area contributed by atoms with E-state index in [-0.39, 0.29) is 0 Å². The molecular weight excluding hydrogens is 216 g/mol. The Morgan fingerprint density at radius 3 is 2.41 bits per heavy atom. The molecule has 0 aliphatic rings. The van der Waals surface area contributed by atoms with Crippen molar-refractivity contribution < 1.29 is 9.47 Å². The largest absolute Gasteiger partial charge is 0.493 e. The number of benzene rings is 1. The van der Waals surface area contributed by atoms with Gasteiger partial charge in [0.15, 0.2) is 11.5 Å². The molecule has 1 rings (SSSR count). The molecule has 1 N–H and O–H groups in total. The lowest BCUT2D eigenvalue weighted by Crippen LogP contribution is -2.36. The minimum absolute atomic E-state index is 0.535. The predicted octanol–water partition coefficient (Wildman–Crippen LogP) is 2.10. The Morgan fingerprint density at radius 2 is 1.88 bits per heavy atom. The Bertz CT molecular complexity index is 422. The summed E-state index contributed by atoms with van der Waals surface area (Å²) in [4.78, 5) is 0. The Balaban J connectivity index is 2.77. The molecule has 17 heavy (non-hydrogen) atoms. The second kappa shape index (κ2) is 5.55. The van der Waals surface area contributed by atoms with E-state index in [0.717, 1.165) is 5.56 Å². The highest BCUT2D eigenvalue weighted by atomic mass is 16.5. The molecule has 0 radical (unpaired) electrons. The highest BCUT2D eigenvalue weighted by Crippen LogP contribution is 2.27. The van der Waals surface area contributed by atoms with Crippen LogP contribution in [-0.4, -0.2) is 19.8 Å². The minimum Gasteiger partial charge on any atom is -0.493 e. The van der Waals surface area contributed by atoms with Crippen LogP contribution in [0.15, 0.2) is 18.2 Å². The number of hydrogen-bond donors (Lipinski definition) is 1. The molecule has 0 aliphatic carbocycles. The second-order valence-corrected chi connectivity index (χ2v) is 4.28. The van der Waals surface area contributed by atoms with Crippen LogP contribution in [0.1, 0.15) is 19.4 Å². The quantitative estimate of drug-likeness (QED) is 0.847. The summed E-state index contributed by atoms with van der Waals surface area (Å²) in [6.07, 6.45) is 0. The first-order valence-electron chi connectivity index (χ1n) is 5.39. The van der Waals surface area contributed by atoms with Gasteiger partial charge in [-0.3, -0.25) is 5.32 Å². The Kier molecular flexibility index (Phi) is 4.36. The van der Waals surface area contributed by atoms with E-state index >= 15 is 0 Å². The Hall–Kier alpha value is -1.73. The number of nitrogens with one attached hydrogen (secondary N) is 1. The lowest BCUT2D eigenvalue weighted by molar-refractivity contribution is 0.354. The molecule has 4 heteroatoms. The Morgan fingerprint density at radius 1 is 1.24 bits per heavy atom. The number of ether oxygens (including phenoxy) is 2. The van der Waals surface area contributed by atoms with Gasteiger partial charge in [-0.05, 0) is 31.5 Å². The van der Waals surface area contributed by atoms with E-state index < -0.39 is 5.54 Å². The first kappa shape index (κ1) is 13.3. The zero-order valence-electron chi connectivity index (χ0n) is 10.7. The molecule has 0 atom stereocenters. The summed E-state index contributed by atoms with van der Waals surface area (Å²) < 4.78 is 10.4. The fourth-order valence-electron chi connectivity index (χ4n) is 1.35. The van der Waals surface area contributed by atoms with Crippen molar-refractivity contribution in [3.8, 4) is 17.6 Å². The number of rotatable bonds is 5. The topological polar surface area (TPSA) is 54.3 Å². The zero-order valence-corrected chi connectivity index (χ0v) is 10.7. The third-order valence-corrected chi connectivity index (χ3v) is 2.46. The average Bonchev–Trinajstić information content (AvgIpc) is 2.36. The Labute approximate surface area is 102 Å². The third kappa shape index (κ3) is 3.65. The van der Waals surface area contributed by atoms with Crippen LogP contribution in [0.3, 0.4) is 0 Å². The maximum Gasteiger partial charge on any atom is 0.161 e. The van der Waals surface area contributed by atoms with Gasteiger partial charge in [0.25, 0.3) is 0 Å². The summed E-state index contributed by atoms with van der Waals surface area (Å²) >= 11 is 0. The van der Waals surface area contributed by atoms with Gasteiger partial charge in [-0.25, -0.2) is 0 Å². The van der Waals surface area contributed by atoms with Gasteiger partial charge >= 0.3 is 0 Å². The van der Waals surface area contributed by atoms with Gasteiger partial charge in [0.2, 0.25) is 0 Å². The molecule has 0 aromatic heterocycles. The molecule has 4 nitrogen and oxygen atoms in total. The van der Waals surface area contributed by atoms with Crippen molar-refractivity contribution >= 4 is 0 Å². The first-order chi connectivity index (χ1) is 8.02. The monoisotopic (exact) mass is 234 g/mol. The normalized spacial score (nSPS) is 10.8. The molecule has 0 bridgehead atoms. The number of nitrogens with zero attached hydrogens (tertiary/aromatic N) is 1. The van der Waals surface area contributed by atoms with Gasteiger partial charge < -0.3 is 9.47 Å². The van der Waals surface area contributed by atoms with Crippen LogP contribution in [0.2, 0.25) is 0 Å². The molecule has 92 valence electrons. The van der Waals surface area contributed by atoms with Crippen molar-refractivity contribution in [1.82, 2.24) is 5.32 Å². The van der Waals surface area contributed by atoms with Crippen molar-refractivity contribution in [1.29, 1.82) is 5.26 Å². The highest BCUT2D eigenvalue weighted by molar-refractivity contribution is 5.42. The van der Waals surface area contributed by atoms with E-state index in [2.05, 4.69) is 11.4 Å². The van der Waals surface area contributed by atoms with Crippen molar-refractivity contribution in [3.05, 3.63) is 23.8 Å². The summed E-state index contributed by atoms with van der Waals surface area (Å²) in [6.45, 7) is 4.29. The van der Waals surface area contributed by atoms with Crippen molar-refractivity contribution in [2.45, 2.75) is 25.9 Å². The summed E-state index contributed by atoms with van der Waals surface area (Å²) in [5.74, 6) is 1.40. The lowest BCUT2D eigenvalue weighted by Gasteiger charge is -2.18. The molecule has 0 saturated carbocycles. The summed E-state index contributed by atoms with van der Waals surface area (Å²) in [6, 6.07) is 7.90. The van der Waals surface area contributed by atoms with E-state index in [1.165, 1.54) is 0 Å². The van der Waals surface area contributed by atoms with Crippen molar-refractivity contribution in [2.24, 2.45) is 0 Å². The predicted molar refractivity (Wildman–Crippen MR) is 66.1 cm³/mol. The fraction of sp³-hybridized carbons (Fsp3) is 0.462. The van der Waals surface area contributed by atoms with Gasteiger partial charge in [0, 0.05) is 6.54 Å². The van der Waals surface area contributed by atoms with Crippen LogP contribution >= 0.6 is 0 Å². The first-order valence-corrected chi connectivity index (χ1v) is 5.39. The second-order valence-electron chi connectivity index (χ2n) is 4.28. The van der Waals surface area contributed by atoms with Crippen LogP contribution in [0.4, 0.5) is 0 Å². The summed E-state index contributed by atoms with van der Waals surface area (Å²) in [5, 5.41) is 12.1. The maximum absolute atomic E-state index is 8.90. The van der Waals surface area contributed by atoms with Crippen LogP contribution in [0.25, 0.3) is 0 Å². The molecule has 0 amide bonds. The summed E-state index contributed by atoms with van der Waals surface area (Å²) in [5.41, 5.74) is 0.513. The van der Waals surface area contributed by atoms with Gasteiger partial charge in [-0.1, -0.05) is 6.07 Å². The number of hydrogen-bond acceptors (Lipinski definition) is 4. The molecule has 1 aromatic carbocycles. The molecule has 0 spiro atoms. The lowest BCUT2D eigenvalue weighted by atomic mass is 10.1. The molecule has 1 aromatic rings. The molecular formula is C13H18N2O2. The van der Waals surface area contributed by atoms with Gasteiger partial charge in [0.05, 0.1) is 20.3 Å². The molecule has 0 saturated heterocycles. The van der Waals surface area contributed by atoms with Crippen molar-refractivity contribution in [2.75, 3.05) is 14.2 Å². The fourth-order valence-corrected chi connectivity index (χ4v) is 1.35. The summed E-state index contributed by atoms with van der Waals surface area (Å²) in [7, 11) is 3.21. The standard InChI is InChI=1S/C13H18N2O2/c1-13(2,9-14)15-8-10-5-6-11(16-3)12(7-10)17-4/h5-7,15H,8H2,1-4H3. The number of nitriles is 1. The van der Waals surface area contributed by atoms with Crippen LogP contribution in [0.5, 0.6) is 11.5 Å². The SMILES string of the molecule is COc1ccc(CNC(C)(C)C#N)cc1OC.